The van der Waals surface area contributed by atoms with Crippen LogP contribution in [0.1, 0.15) is 55.9 Å². The third-order valence-corrected chi connectivity index (χ3v) is 4.36. The van der Waals surface area contributed by atoms with Gasteiger partial charge >= 0.3 is 0 Å². The van der Waals surface area contributed by atoms with E-state index >= 15 is 0 Å². The average molecular weight is 297 g/mol. The molecule has 0 saturated heterocycles. The number of amides is 1. The smallest absolute Gasteiger partial charge is 0.273 e. The molecule has 0 aliphatic rings. The highest BCUT2D eigenvalue weighted by Gasteiger charge is 2.31. The molecular weight excluding hydrogens is 270 g/mol. The maximum Gasteiger partial charge on any atom is 0.273 e. The standard InChI is InChI=1S/C15H27N3O3/c1-6-15(5,9-16-7-2)11(4)17-14(20)13-10(3)12(8-19)21-18-13/h11,16,19H,6-9H2,1-5H3,(H,17,20). The lowest BCUT2D eigenvalue weighted by atomic mass is 9.80. The quantitative estimate of drug-likeness (QED) is 0.678. The van der Waals surface area contributed by atoms with Crippen LogP contribution in [0.2, 0.25) is 0 Å². The number of rotatable bonds is 8. The summed E-state index contributed by atoms with van der Waals surface area (Å²) in [6.07, 6.45) is 0.946. The van der Waals surface area contributed by atoms with Crippen LogP contribution in [-0.4, -0.2) is 35.3 Å². The lowest BCUT2D eigenvalue weighted by Crippen LogP contribution is -2.49. The molecule has 21 heavy (non-hydrogen) atoms. The Morgan fingerprint density at radius 3 is 2.62 bits per heavy atom. The summed E-state index contributed by atoms with van der Waals surface area (Å²) in [5, 5.41) is 19.2. The van der Waals surface area contributed by atoms with E-state index in [1.807, 2.05) is 6.92 Å². The van der Waals surface area contributed by atoms with Gasteiger partial charge in [0.25, 0.3) is 5.91 Å². The molecule has 1 amide bonds. The number of aromatic nitrogens is 1. The van der Waals surface area contributed by atoms with Crippen molar-refractivity contribution < 1.29 is 14.4 Å². The minimum atomic E-state index is -0.264. The molecule has 3 N–H and O–H groups in total. The molecule has 120 valence electrons. The fourth-order valence-corrected chi connectivity index (χ4v) is 2.16. The predicted molar refractivity (Wildman–Crippen MR) is 81.0 cm³/mol. The minimum absolute atomic E-state index is 0.0114. The van der Waals surface area contributed by atoms with Gasteiger partial charge in [-0.2, -0.15) is 0 Å². The van der Waals surface area contributed by atoms with Crippen LogP contribution in [0.15, 0.2) is 4.52 Å². The van der Waals surface area contributed by atoms with Gasteiger partial charge in [0.05, 0.1) is 0 Å². The number of hydrogen-bond donors (Lipinski definition) is 3. The fourth-order valence-electron chi connectivity index (χ4n) is 2.16. The van der Waals surface area contributed by atoms with Crippen LogP contribution >= 0.6 is 0 Å². The summed E-state index contributed by atoms with van der Waals surface area (Å²) in [6, 6.07) is -0.0114. The molecule has 0 fully saturated rings. The van der Waals surface area contributed by atoms with Crippen molar-refractivity contribution in [3.8, 4) is 0 Å². The van der Waals surface area contributed by atoms with Crippen LogP contribution in [0.25, 0.3) is 0 Å². The molecular formula is C15H27N3O3. The molecule has 0 spiro atoms. The molecule has 0 aliphatic carbocycles. The van der Waals surface area contributed by atoms with Gasteiger partial charge in [-0.3, -0.25) is 4.79 Å². The minimum Gasteiger partial charge on any atom is -0.388 e. The SMILES string of the molecule is CCNCC(C)(CC)C(C)NC(=O)c1noc(CO)c1C. The lowest BCUT2D eigenvalue weighted by molar-refractivity contribution is 0.0881. The van der Waals surface area contributed by atoms with Crippen molar-refractivity contribution >= 4 is 5.91 Å². The van der Waals surface area contributed by atoms with Gasteiger partial charge in [0.1, 0.15) is 6.61 Å². The highest BCUT2D eigenvalue weighted by molar-refractivity contribution is 5.93. The third-order valence-electron chi connectivity index (χ3n) is 4.36. The highest BCUT2D eigenvalue weighted by Crippen LogP contribution is 2.25. The van der Waals surface area contributed by atoms with Crippen molar-refractivity contribution in [1.82, 2.24) is 15.8 Å². The second kappa shape index (κ2) is 7.56. The summed E-state index contributed by atoms with van der Waals surface area (Å²) in [6.45, 7) is 11.5. The first-order chi connectivity index (χ1) is 9.89. The molecule has 1 aromatic rings. The van der Waals surface area contributed by atoms with E-state index in [0.717, 1.165) is 19.5 Å². The Kier molecular flexibility index (Phi) is 6.36. The Morgan fingerprint density at radius 2 is 2.14 bits per heavy atom. The van der Waals surface area contributed by atoms with E-state index in [0.29, 0.717) is 11.3 Å². The van der Waals surface area contributed by atoms with Crippen molar-refractivity contribution in [3.05, 3.63) is 17.0 Å². The number of nitrogens with zero attached hydrogens (tertiary/aromatic N) is 1. The third kappa shape index (κ3) is 4.04. The first-order valence-electron chi connectivity index (χ1n) is 7.47. The molecule has 0 aliphatic heterocycles. The number of nitrogens with one attached hydrogen (secondary N) is 2. The number of carbonyl (C=O) groups excluding carboxylic acids is 1. The Bertz CT molecular complexity index is 473. The van der Waals surface area contributed by atoms with Gasteiger partial charge in [0, 0.05) is 18.2 Å². The zero-order valence-corrected chi connectivity index (χ0v) is 13.6. The summed E-state index contributed by atoms with van der Waals surface area (Å²) in [5.41, 5.74) is 0.795. The molecule has 0 aromatic carbocycles. The van der Waals surface area contributed by atoms with E-state index in [2.05, 4.69) is 36.6 Å². The van der Waals surface area contributed by atoms with Crippen LogP contribution in [0.4, 0.5) is 0 Å². The van der Waals surface area contributed by atoms with Crippen molar-refractivity contribution in [2.75, 3.05) is 13.1 Å². The predicted octanol–water partition coefficient (Wildman–Crippen LogP) is 1.62. The van der Waals surface area contributed by atoms with E-state index in [1.165, 1.54) is 0 Å². The second-order valence-electron chi connectivity index (χ2n) is 5.72. The van der Waals surface area contributed by atoms with E-state index in [4.69, 9.17) is 9.63 Å². The van der Waals surface area contributed by atoms with E-state index < -0.39 is 0 Å². The summed E-state index contributed by atoms with van der Waals surface area (Å²) in [4.78, 5) is 12.3. The largest absolute Gasteiger partial charge is 0.388 e. The summed E-state index contributed by atoms with van der Waals surface area (Å²) in [7, 11) is 0. The van der Waals surface area contributed by atoms with Crippen LogP contribution in [0.5, 0.6) is 0 Å². The van der Waals surface area contributed by atoms with Crippen LogP contribution in [0.3, 0.4) is 0 Å². The zero-order chi connectivity index (χ0) is 16.0. The first-order valence-corrected chi connectivity index (χ1v) is 7.47. The summed E-state index contributed by atoms with van der Waals surface area (Å²) >= 11 is 0. The highest BCUT2D eigenvalue weighted by atomic mass is 16.5. The molecule has 0 radical (unpaired) electrons. The Hall–Kier alpha value is -1.40. The van der Waals surface area contributed by atoms with Gasteiger partial charge in [-0.25, -0.2) is 0 Å². The Morgan fingerprint density at radius 1 is 1.48 bits per heavy atom. The fraction of sp³-hybridized carbons (Fsp3) is 0.733. The Balaban J connectivity index is 2.78. The van der Waals surface area contributed by atoms with Crippen molar-refractivity contribution in [2.45, 2.75) is 53.7 Å². The molecule has 1 rings (SSSR count). The van der Waals surface area contributed by atoms with Crippen LogP contribution in [-0.2, 0) is 6.61 Å². The molecule has 2 unspecified atom stereocenters. The first kappa shape index (κ1) is 17.7. The molecule has 2 atom stereocenters. The summed E-state index contributed by atoms with van der Waals surface area (Å²) in [5.74, 6) is 0.0679. The molecule has 0 bridgehead atoms. The van der Waals surface area contributed by atoms with Gasteiger partial charge in [0.2, 0.25) is 0 Å². The van der Waals surface area contributed by atoms with Gasteiger partial charge < -0.3 is 20.3 Å². The van der Waals surface area contributed by atoms with E-state index in [9.17, 15) is 4.79 Å². The van der Waals surface area contributed by atoms with Crippen molar-refractivity contribution in [2.24, 2.45) is 5.41 Å². The van der Waals surface area contributed by atoms with Crippen molar-refractivity contribution in [1.29, 1.82) is 0 Å². The Labute approximate surface area is 126 Å². The molecule has 1 aromatic heterocycles. The van der Waals surface area contributed by atoms with Crippen LogP contribution in [0, 0.1) is 12.3 Å². The monoisotopic (exact) mass is 297 g/mol. The van der Waals surface area contributed by atoms with E-state index in [-0.39, 0.29) is 29.7 Å². The lowest BCUT2D eigenvalue weighted by Gasteiger charge is -2.35. The molecule has 0 saturated carbocycles. The van der Waals surface area contributed by atoms with Gasteiger partial charge in [0.15, 0.2) is 11.5 Å². The van der Waals surface area contributed by atoms with Crippen molar-refractivity contribution in [3.63, 3.8) is 0 Å². The number of hydrogen-bond acceptors (Lipinski definition) is 5. The number of aliphatic hydroxyl groups is 1. The topological polar surface area (TPSA) is 87.4 Å². The van der Waals surface area contributed by atoms with Crippen LogP contribution < -0.4 is 10.6 Å². The maximum atomic E-state index is 12.3. The molecule has 6 heteroatoms. The van der Waals surface area contributed by atoms with Gasteiger partial charge in [-0.15, -0.1) is 0 Å². The number of aliphatic hydroxyl groups excluding tert-OH is 1. The van der Waals surface area contributed by atoms with E-state index in [1.54, 1.807) is 6.92 Å². The number of carbonyl (C=O) groups is 1. The maximum absolute atomic E-state index is 12.3. The second-order valence-corrected chi connectivity index (χ2v) is 5.72. The van der Waals surface area contributed by atoms with Gasteiger partial charge in [-0.05, 0) is 32.2 Å². The summed E-state index contributed by atoms with van der Waals surface area (Å²) < 4.78 is 4.95. The molecule has 1 heterocycles. The zero-order valence-electron chi connectivity index (χ0n) is 13.6. The van der Waals surface area contributed by atoms with Gasteiger partial charge in [-0.1, -0.05) is 25.9 Å². The molecule has 6 nitrogen and oxygen atoms in total. The average Bonchev–Trinajstić information content (AvgIpc) is 2.85. The normalized spacial score (nSPS) is 15.5.